The van der Waals surface area contributed by atoms with E-state index in [2.05, 4.69) is 39.6 Å². The average Bonchev–Trinajstić information content (AvgIpc) is 2.30. The number of phenolic OH excluding ortho intramolecular Hbond substituents is 1. The zero-order valence-electron chi connectivity index (χ0n) is 12.4. The average molecular weight is 249 g/mol. The summed E-state index contributed by atoms with van der Waals surface area (Å²) in [5.74, 6) is 1.08. The highest BCUT2D eigenvalue weighted by Gasteiger charge is 2.17. The number of nitrogens with zero attached hydrogens (tertiary/aromatic N) is 1. The van der Waals surface area contributed by atoms with E-state index in [4.69, 9.17) is 0 Å². The molecule has 2 nitrogen and oxygen atoms in total. The van der Waals surface area contributed by atoms with E-state index in [-0.39, 0.29) is 0 Å². The van der Waals surface area contributed by atoms with Crippen LogP contribution in [0.3, 0.4) is 0 Å². The maximum atomic E-state index is 9.28. The van der Waals surface area contributed by atoms with Crippen LogP contribution >= 0.6 is 0 Å². The van der Waals surface area contributed by atoms with Crippen LogP contribution < -0.4 is 0 Å². The Hall–Kier alpha value is -1.02. The third-order valence-corrected chi connectivity index (χ3v) is 3.67. The summed E-state index contributed by atoms with van der Waals surface area (Å²) in [5, 5.41) is 9.28. The molecule has 2 atom stereocenters. The van der Waals surface area contributed by atoms with Gasteiger partial charge in [0.1, 0.15) is 5.75 Å². The molecular weight excluding hydrogens is 222 g/mol. The molecule has 0 heterocycles. The van der Waals surface area contributed by atoms with Crippen LogP contribution in [0.2, 0.25) is 0 Å². The molecule has 0 aliphatic carbocycles. The molecule has 0 aliphatic heterocycles. The largest absolute Gasteiger partial charge is 0.508 e. The van der Waals surface area contributed by atoms with Gasteiger partial charge < -0.3 is 10.0 Å². The lowest BCUT2D eigenvalue weighted by Gasteiger charge is -2.32. The Balaban J connectivity index is 2.53. The number of rotatable bonds is 6. The Bertz CT molecular complexity index is 345. The van der Waals surface area contributed by atoms with Crippen molar-refractivity contribution in [1.29, 1.82) is 0 Å². The first-order valence-corrected chi connectivity index (χ1v) is 6.90. The molecule has 0 bridgehead atoms. The topological polar surface area (TPSA) is 23.5 Å². The fraction of sp³-hybridized carbons (Fsp3) is 0.625. The highest BCUT2D eigenvalue weighted by molar-refractivity contribution is 5.26. The van der Waals surface area contributed by atoms with Gasteiger partial charge in [-0.1, -0.05) is 26.0 Å². The normalized spacial score (nSPS) is 15.1. The number of hydrogen-bond donors (Lipinski definition) is 1. The van der Waals surface area contributed by atoms with Crippen LogP contribution in [0.5, 0.6) is 5.75 Å². The minimum Gasteiger partial charge on any atom is -0.508 e. The van der Waals surface area contributed by atoms with E-state index in [1.807, 2.05) is 12.1 Å². The van der Waals surface area contributed by atoms with Crippen LogP contribution in [0, 0.1) is 5.92 Å². The minimum atomic E-state index is 0.341. The molecule has 0 saturated heterocycles. The van der Waals surface area contributed by atoms with Gasteiger partial charge in [0.2, 0.25) is 0 Å². The minimum absolute atomic E-state index is 0.341. The van der Waals surface area contributed by atoms with Crippen LogP contribution in [-0.4, -0.2) is 29.1 Å². The van der Waals surface area contributed by atoms with Gasteiger partial charge in [-0.15, -0.1) is 0 Å². The molecule has 18 heavy (non-hydrogen) atoms. The van der Waals surface area contributed by atoms with Crippen molar-refractivity contribution >= 4 is 0 Å². The third-order valence-electron chi connectivity index (χ3n) is 3.67. The van der Waals surface area contributed by atoms with Gasteiger partial charge in [0.05, 0.1) is 0 Å². The lowest BCUT2D eigenvalue weighted by atomic mass is 10.0. The van der Waals surface area contributed by atoms with Gasteiger partial charge in [0.25, 0.3) is 0 Å². The molecule has 1 aromatic rings. The van der Waals surface area contributed by atoms with Gasteiger partial charge in [0, 0.05) is 12.1 Å². The van der Waals surface area contributed by atoms with E-state index < -0.39 is 0 Å². The van der Waals surface area contributed by atoms with Gasteiger partial charge in [-0.25, -0.2) is 0 Å². The summed E-state index contributed by atoms with van der Waals surface area (Å²) in [7, 11) is 2.21. The first-order valence-electron chi connectivity index (χ1n) is 6.90. The second-order valence-electron chi connectivity index (χ2n) is 5.86. The zero-order valence-corrected chi connectivity index (χ0v) is 12.4. The quantitative estimate of drug-likeness (QED) is 0.831. The molecule has 0 saturated carbocycles. The van der Waals surface area contributed by atoms with Gasteiger partial charge >= 0.3 is 0 Å². The Morgan fingerprint density at radius 2 is 1.56 bits per heavy atom. The third kappa shape index (κ3) is 4.69. The second kappa shape index (κ2) is 6.79. The number of benzene rings is 1. The molecule has 1 rings (SSSR count). The first kappa shape index (κ1) is 15.0. The summed E-state index contributed by atoms with van der Waals surface area (Å²) in [6.45, 7) is 9.11. The van der Waals surface area contributed by atoms with Crippen molar-refractivity contribution in [2.24, 2.45) is 5.92 Å². The van der Waals surface area contributed by atoms with Gasteiger partial charge in [0.15, 0.2) is 0 Å². The van der Waals surface area contributed by atoms with E-state index >= 15 is 0 Å². The summed E-state index contributed by atoms with van der Waals surface area (Å²) >= 11 is 0. The second-order valence-corrected chi connectivity index (χ2v) is 5.86. The van der Waals surface area contributed by atoms with Crippen molar-refractivity contribution in [2.75, 3.05) is 7.05 Å². The molecule has 0 fully saturated rings. The zero-order chi connectivity index (χ0) is 13.7. The summed E-state index contributed by atoms with van der Waals surface area (Å²) in [6.07, 6.45) is 2.26. The smallest absolute Gasteiger partial charge is 0.115 e. The standard InChI is InChI=1S/C16H27NO/c1-12(2)10-13(3)17(5)14(4)11-15-6-8-16(18)9-7-15/h6-9,12-14,18H,10-11H2,1-5H3. The fourth-order valence-corrected chi connectivity index (χ4v) is 2.40. The SMILES string of the molecule is CC(C)CC(C)N(C)C(C)Cc1ccc(O)cc1. The molecule has 1 N–H and O–H groups in total. The van der Waals surface area contributed by atoms with Crippen molar-refractivity contribution in [2.45, 2.75) is 52.6 Å². The molecule has 1 aromatic carbocycles. The Morgan fingerprint density at radius 3 is 2.06 bits per heavy atom. The molecule has 0 spiro atoms. The van der Waals surface area contributed by atoms with Crippen molar-refractivity contribution in [3.63, 3.8) is 0 Å². The molecule has 0 amide bonds. The highest BCUT2D eigenvalue weighted by Crippen LogP contribution is 2.16. The maximum Gasteiger partial charge on any atom is 0.115 e. The fourth-order valence-electron chi connectivity index (χ4n) is 2.40. The van der Waals surface area contributed by atoms with Crippen molar-refractivity contribution in [3.8, 4) is 5.75 Å². The molecular formula is C16H27NO. The van der Waals surface area contributed by atoms with Crippen LogP contribution in [0.4, 0.5) is 0 Å². The maximum absolute atomic E-state index is 9.28. The number of phenols is 1. The monoisotopic (exact) mass is 249 g/mol. The highest BCUT2D eigenvalue weighted by atomic mass is 16.3. The van der Waals surface area contributed by atoms with E-state index in [0.717, 1.165) is 12.3 Å². The molecule has 0 aromatic heterocycles. The van der Waals surface area contributed by atoms with Crippen LogP contribution in [0.25, 0.3) is 0 Å². The van der Waals surface area contributed by atoms with Crippen LogP contribution in [0.1, 0.15) is 39.7 Å². The summed E-state index contributed by atoms with van der Waals surface area (Å²) in [6, 6.07) is 8.67. The Labute approximate surface area is 112 Å². The Morgan fingerprint density at radius 1 is 1.00 bits per heavy atom. The summed E-state index contributed by atoms with van der Waals surface area (Å²) in [5.41, 5.74) is 1.28. The lowest BCUT2D eigenvalue weighted by Crippen LogP contribution is -2.38. The summed E-state index contributed by atoms with van der Waals surface area (Å²) < 4.78 is 0. The van der Waals surface area contributed by atoms with E-state index in [9.17, 15) is 5.11 Å². The van der Waals surface area contributed by atoms with Crippen molar-refractivity contribution in [1.82, 2.24) is 4.90 Å². The van der Waals surface area contributed by atoms with Crippen molar-refractivity contribution in [3.05, 3.63) is 29.8 Å². The van der Waals surface area contributed by atoms with Gasteiger partial charge in [-0.2, -0.15) is 0 Å². The molecule has 2 heteroatoms. The predicted molar refractivity (Wildman–Crippen MR) is 78.0 cm³/mol. The predicted octanol–water partition coefficient (Wildman–Crippen LogP) is 3.69. The van der Waals surface area contributed by atoms with Gasteiger partial charge in [-0.05, 0) is 57.4 Å². The van der Waals surface area contributed by atoms with E-state index in [1.54, 1.807) is 12.1 Å². The molecule has 2 unspecified atom stereocenters. The Kier molecular flexibility index (Phi) is 5.67. The molecule has 0 radical (unpaired) electrons. The number of hydrogen-bond acceptors (Lipinski definition) is 2. The lowest BCUT2D eigenvalue weighted by molar-refractivity contribution is 0.174. The van der Waals surface area contributed by atoms with Crippen molar-refractivity contribution < 1.29 is 5.11 Å². The number of likely N-dealkylation sites (N-methyl/N-ethyl adjacent to an activating group) is 1. The van der Waals surface area contributed by atoms with E-state index in [1.165, 1.54) is 12.0 Å². The first-order chi connectivity index (χ1) is 8.40. The number of aromatic hydroxyl groups is 1. The van der Waals surface area contributed by atoms with E-state index in [0.29, 0.717) is 17.8 Å². The molecule has 0 aliphatic rings. The summed E-state index contributed by atoms with van der Waals surface area (Å²) in [4.78, 5) is 2.45. The van der Waals surface area contributed by atoms with Gasteiger partial charge in [-0.3, -0.25) is 0 Å². The van der Waals surface area contributed by atoms with Crippen LogP contribution in [0.15, 0.2) is 24.3 Å². The molecule has 102 valence electrons. The van der Waals surface area contributed by atoms with Crippen LogP contribution in [-0.2, 0) is 6.42 Å².